The number of nitro groups is 1. The Hall–Kier alpha value is -0.640. The second-order valence-corrected chi connectivity index (χ2v) is 3.19. The van der Waals surface area contributed by atoms with Crippen LogP contribution in [0, 0.1) is 10.1 Å². The van der Waals surface area contributed by atoms with Crippen molar-refractivity contribution in [2.75, 3.05) is 7.05 Å². The summed E-state index contributed by atoms with van der Waals surface area (Å²) in [5, 5.41) is 12.5. The molecule has 4 nitrogen and oxygen atoms in total. The van der Waals surface area contributed by atoms with Crippen molar-refractivity contribution in [1.29, 1.82) is 0 Å². The summed E-state index contributed by atoms with van der Waals surface area (Å²) in [6.45, 7) is 0. The van der Waals surface area contributed by atoms with E-state index < -0.39 is 0 Å². The Morgan fingerprint density at radius 1 is 1.36 bits per heavy atom. The van der Waals surface area contributed by atoms with Crippen molar-refractivity contribution in [3.05, 3.63) is 10.1 Å². The fourth-order valence-electron chi connectivity index (χ4n) is 1.65. The zero-order valence-corrected chi connectivity index (χ0v) is 6.82. The van der Waals surface area contributed by atoms with Crippen molar-refractivity contribution in [1.82, 2.24) is 0 Å². The molecule has 1 aliphatic rings. The van der Waals surface area contributed by atoms with Gasteiger partial charge in [0.15, 0.2) is 0 Å². The SMILES string of the molecule is C[NH2+]C1CCC([N+](=O)[O-])CC1. The lowest BCUT2D eigenvalue weighted by Crippen LogP contribution is -2.86. The van der Waals surface area contributed by atoms with E-state index in [-0.39, 0.29) is 11.0 Å². The molecule has 2 N–H and O–H groups in total. The summed E-state index contributed by atoms with van der Waals surface area (Å²) in [4.78, 5) is 10.2. The van der Waals surface area contributed by atoms with Gasteiger partial charge in [0, 0.05) is 30.6 Å². The van der Waals surface area contributed by atoms with Gasteiger partial charge in [0.1, 0.15) is 0 Å². The first-order chi connectivity index (χ1) is 5.24. The quantitative estimate of drug-likeness (QED) is 0.447. The van der Waals surface area contributed by atoms with Crippen LogP contribution in [0.3, 0.4) is 0 Å². The summed E-state index contributed by atoms with van der Waals surface area (Å²) in [5.74, 6) is 0. The van der Waals surface area contributed by atoms with E-state index in [1.54, 1.807) is 0 Å². The first-order valence-corrected chi connectivity index (χ1v) is 4.17. The van der Waals surface area contributed by atoms with Crippen LogP contribution in [0.25, 0.3) is 0 Å². The predicted molar refractivity (Wildman–Crippen MR) is 40.9 cm³/mol. The van der Waals surface area contributed by atoms with Gasteiger partial charge in [-0.3, -0.25) is 10.1 Å². The maximum absolute atomic E-state index is 10.3. The molecule has 0 aromatic rings. The van der Waals surface area contributed by atoms with Gasteiger partial charge in [-0.05, 0) is 0 Å². The minimum absolute atomic E-state index is 0.133. The van der Waals surface area contributed by atoms with Crippen LogP contribution in [0.15, 0.2) is 0 Å². The molecule has 0 spiro atoms. The fraction of sp³-hybridized carbons (Fsp3) is 1.00. The molecule has 0 atom stereocenters. The number of hydrogen-bond donors (Lipinski definition) is 1. The molecule has 64 valence electrons. The normalized spacial score (nSPS) is 31.7. The third-order valence-electron chi connectivity index (χ3n) is 2.51. The van der Waals surface area contributed by atoms with Gasteiger partial charge in [0.25, 0.3) is 0 Å². The maximum atomic E-state index is 10.3. The first-order valence-electron chi connectivity index (χ1n) is 4.17. The van der Waals surface area contributed by atoms with Gasteiger partial charge < -0.3 is 5.32 Å². The van der Waals surface area contributed by atoms with E-state index in [4.69, 9.17) is 0 Å². The van der Waals surface area contributed by atoms with Crippen LogP contribution in [0.1, 0.15) is 25.7 Å². The van der Waals surface area contributed by atoms with Crippen LogP contribution in [0.2, 0.25) is 0 Å². The molecule has 1 fully saturated rings. The van der Waals surface area contributed by atoms with E-state index >= 15 is 0 Å². The monoisotopic (exact) mass is 159 g/mol. The Bertz CT molecular complexity index is 141. The molecule has 1 rings (SSSR count). The molecule has 0 aliphatic heterocycles. The zero-order valence-electron chi connectivity index (χ0n) is 6.82. The van der Waals surface area contributed by atoms with Crippen LogP contribution in [-0.4, -0.2) is 24.1 Å². The van der Waals surface area contributed by atoms with Gasteiger partial charge >= 0.3 is 0 Å². The molecular weight excluding hydrogens is 144 g/mol. The molecule has 0 radical (unpaired) electrons. The first kappa shape index (κ1) is 8.46. The molecule has 11 heavy (non-hydrogen) atoms. The number of quaternary nitrogens is 1. The lowest BCUT2D eigenvalue weighted by atomic mass is 9.92. The minimum atomic E-state index is -0.258. The smallest absolute Gasteiger partial charge is 0.213 e. The number of nitrogens with two attached hydrogens (primary N) is 1. The molecule has 1 saturated carbocycles. The number of rotatable bonds is 2. The second kappa shape index (κ2) is 3.67. The summed E-state index contributed by atoms with van der Waals surface area (Å²) in [7, 11) is 2.04. The molecule has 0 aromatic heterocycles. The molecule has 0 aromatic carbocycles. The molecule has 0 heterocycles. The highest BCUT2D eigenvalue weighted by molar-refractivity contribution is 4.69. The Morgan fingerprint density at radius 3 is 2.27 bits per heavy atom. The lowest BCUT2D eigenvalue weighted by Gasteiger charge is -2.20. The maximum Gasteiger partial charge on any atom is 0.213 e. The van der Waals surface area contributed by atoms with Crippen molar-refractivity contribution in [2.45, 2.75) is 37.8 Å². The van der Waals surface area contributed by atoms with Crippen molar-refractivity contribution >= 4 is 0 Å². The average Bonchev–Trinajstić information content (AvgIpc) is 2.05. The van der Waals surface area contributed by atoms with Crippen LogP contribution >= 0.6 is 0 Å². The summed E-state index contributed by atoms with van der Waals surface area (Å²) in [6, 6.07) is 0.373. The Kier molecular flexibility index (Phi) is 2.82. The van der Waals surface area contributed by atoms with Gasteiger partial charge in [0.2, 0.25) is 6.04 Å². The predicted octanol–water partition coefficient (Wildman–Crippen LogP) is -0.232. The van der Waals surface area contributed by atoms with Crippen LogP contribution < -0.4 is 5.32 Å². The summed E-state index contributed by atoms with van der Waals surface area (Å²) >= 11 is 0. The van der Waals surface area contributed by atoms with E-state index in [0.717, 1.165) is 25.7 Å². The van der Waals surface area contributed by atoms with Crippen molar-refractivity contribution in [3.8, 4) is 0 Å². The van der Waals surface area contributed by atoms with E-state index in [0.29, 0.717) is 6.04 Å². The van der Waals surface area contributed by atoms with Gasteiger partial charge in [-0.2, -0.15) is 0 Å². The van der Waals surface area contributed by atoms with E-state index in [9.17, 15) is 10.1 Å². The third kappa shape index (κ3) is 2.15. The topological polar surface area (TPSA) is 59.8 Å². The van der Waals surface area contributed by atoms with Gasteiger partial charge in [-0.25, -0.2) is 0 Å². The molecule has 0 unspecified atom stereocenters. The standard InChI is InChI=1S/C7H14N2O2/c1-8-6-2-4-7(5-3-6)9(10)11/h6-8H,2-5H2,1H3/p+1. The third-order valence-corrected chi connectivity index (χ3v) is 2.51. The number of nitrogens with zero attached hydrogens (tertiary/aromatic N) is 1. The van der Waals surface area contributed by atoms with Crippen LogP contribution in [0.5, 0.6) is 0 Å². The summed E-state index contributed by atoms with van der Waals surface area (Å²) in [5.41, 5.74) is 0. The fourth-order valence-corrected chi connectivity index (χ4v) is 1.65. The summed E-state index contributed by atoms with van der Waals surface area (Å²) < 4.78 is 0. The highest BCUT2D eigenvalue weighted by atomic mass is 16.6. The van der Waals surface area contributed by atoms with Crippen LogP contribution in [-0.2, 0) is 0 Å². The van der Waals surface area contributed by atoms with E-state index in [1.807, 2.05) is 7.05 Å². The Balaban J connectivity index is 2.30. The molecular formula is C7H15N2O2+. The van der Waals surface area contributed by atoms with Gasteiger partial charge in [0.05, 0.1) is 13.1 Å². The van der Waals surface area contributed by atoms with Gasteiger partial charge in [-0.1, -0.05) is 0 Å². The van der Waals surface area contributed by atoms with E-state index in [2.05, 4.69) is 5.32 Å². The van der Waals surface area contributed by atoms with Crippen LogP contribution in [0.4, 0.5) is 0 Å². The Labute approximate surface area is 66.1 Å². The second-order valence-electron chi connectivity index (χ2n) is 3.19. The molecule has 4 heteroatoms. The molecule has 0 bridgehead atoms. The highest BCUT2D eigenvalue weighted by Gasteiger charge is 2.28. The lowest BCUT2D eigenvalue weighted by molar-refractivity contribution is -0.669. The van der Waals surface area contributed by atoms with Crippen molar-refractivity contribution in [3.63, 3.8) is 0 Å². The molecule has 0 saturated heterocycles. The minimum Gasteiger partial charge on any atom is -0.346 e. The number of hydrogen-bond acceptors (Lipinski definition) is 2. The summed E-state index contributed by atoms with van der Waals surface area (Å²) in [6.07, 6.45) is 3.54. The molecule has 0 amide bonds. The Morgan fingerprint density at radius 2 is 1.91 bits per heavy atom. The van der Waals surface area contributed by atoms with Crippen molar-refractivity contribution < 1.29 is 10.2 Å². The van der Waals surface area contributed by atoms with Crippen molar-refractivity contribution in [2.24, 2.45) is 0 Å². The zero-order chi connectivity index (χ0) is 8.27. The van der Waals surface area contributed by atoms with Gasteiger partial charge in [-0.15, -0.1) is 0 Å². The molecule has 1 aliphatic carbocycles. The largest absolute Gasteiger partial charge is 0.346 e. The van der Waals surface area contributed by atoms with E-state index in [1.165, 1.54) is 0 Å². The highest BCUT2D eigenvalue weighted by Crippen LogP contribution is 2.18. The average molecular weight is 159 g/mol.